The van der Waals surface area contributed by atoms with E-state index in [0.717, 1.165) is 33.1 Å². The van der Waals surface area contributed by atoms with Crippen LogP contribution < -0.4 is 0 Å². The lowest BCUT2D eigenvalue weighted by atomic mass is 10.1. The molecule has 0 saturated heterocycles. The van der Waals surface area contributed by atoms with Crippen LogP contribution in [0, 0.1) is 0 Å². The SMILES string of the molecule is CCN1C(c2ccccc2)=C(c2ccccc2)S/C1=C\C1=[N+](CC)C(=O)/C(=C/C=C2/SC(c3ccccc3)=C(c3ccccc3)N2CC)S1. The standard InChI is InChI=1S/C42H38N3OS3/c1-4-43-35(48-40(32-23-15-9-16-24-32)38(43)30-19-11-7-12-20-30)28-27-34-42(46)45(6-3)37(47-34)29-36-44(5-2)39(31-21-13-8-14-22-31)41(49-36)33-25-17-10-18-26-33/h7-29H,4-6H2,1-3H3/q+1/b34-27-,35-28+. The van der Waals surface area contributed by atoms with E-state index in [1.165, 1.54) is 43.5 Å². The number of thioether (sulfide) groups is 3. The first-order valence-electron chi connectivity index (χ1n) is 16.7. The topological polar surface area (TPSA) is 26.6 Å². The minimum Gasteiger partial charge on any atom is -0.335 e. The van der Waals surface area contributed by atoms with Crippen LogP contribution in [-0.4, -0.2) is 45.0 Å². The zero-order chi connectivity index (χ0) is 33.7. The van der Waals surface area contributed by atoms with Crippen molar-refractivity contribution < 1.29 is 9.37 Å². The van der Waals surface area contributed by atoms with Crippen molar-refractivity contribution in [2.24, 2.45) is 0 Å². The molecule has 4 nitrogen and oxygen atoms in total. The first-order chi connectivity index (χ1) is 24.1. The number of carbonyl (C=O) groups excluding carboxylic acids is 1. The second-order valence-corrected chi connectivity index (χ2v) is 14.6. The van der Waals surface area contributed by atoms with Gasteiger partial charge < -0.3 is 9.80 Å². The zero-order valence-electron chi connectivity index (χ0n) is 27.9. The molecule has 3 aliphatic heterocycles. The summed E-state index contributed by atoms with van der Waals surface area (Å²) in [5.74, 6) is 0.0485. The molecule has 0 atom stereocenters. The van der Waals surface area contributed by atoms with Gasteiger partial charge in [0.25, 0.3) is 5.04 Å². The Kier molecular flexibility index (Phi) is 10.1. The minimum absolute atomic E-state index is 0.0485. The summed E-state index contributed by atoms with van der Waals surface area (Å²) in [5.41, 5.74) is 7.17. The third kappa shape index (κ3) is 6.63. The van der Waals surface area contributed by atoms with Crippen molar-refractivity contribution in [2.75, 3.05) is 19.6 Å². The van der Waals surface area contributed by atoms with E-state index in [9.17, 15) is 4.79 Å². The fourth-order valence-electron chi connectivity index (χ4n) is 6.29. The Balaban J connectivity index is 1.21. The molecule has 0 aliphatic carbocycles. The number of nitrogens with zero attached hydrogens (tertiary/aromatic N) is 3. The summed E-state index contributed by atoms with van der Waals surface area (Å²) in [7, 11) is 0. The molecule has 0 aromatic heterocycles. The quantitative estimate of drug-likeness (QED) is 0.128. The Labute approximate surface area is 302 Å². The maximum absolute atomic E-state index is 13.9. The molecule has 244 valence electrons. The maximum Gasteiger partial charge on any atom is 0.427 e. The van der Waals surface area contributed by atoms with Gasteiger partial charge in [0.2, 0.25) is 0 Å². The monoisotopic (exact) mass is 696 g/mol. The highest BCUT2D eigenvalue weighted by molar-refractivity contribution is 8.18. The molecule has 0 fully saturated rings. The van der Waals surface area contributed by atoms with Crippen molar-refractivity contribution in [3.63, 3.8) is 0 Å². The fraction of sp³-hybridized carbons (Fsp3) is 0.143. The predicted octanol–water partition coefficient (Wildman–Crippen LogP) is 10.4. The van der Waals surface area contributed by atoms with E-state index < -0.39 is 0 Å². The molecule has 7 heteroatoms. The van der Waals surface area contributed by atoms with Gasteiger partial charge in [0.15, 0.2) is 6.54 Å². The molecule has 3 heterocycles. The molecule has 49 heavy (non-hydrogen) atoms. The van der Waals surface area contributed by atoms with Crippen LogP contribution in [0.3, 0.4) is 0 Å². The van der Waals surface area contributed by atoms with Gasteiger partial charge in [0, 0.05) is 29.0 Å². The summed E-state index contributed by atoms with van der Waals surface area (Å²) in [5, 5.41) is 3.20. The van der Waals surface area contributed by atoms with Gasteiger partial charge in [-0.3, -0.25) is 0 Å². The number of hydrogen-bond acceptors (Lipinski definition) is 6. The van der Waals surface area contributed by atoms with Gasteiger partial charge in [0.1, 0.15) is 4.91 Å². The number of allylic oxidation sites excluding steroid dienone is 2. The molecule has 7 rings (SSSR count). The Morgan fingerprint density at radius 1 is 0.551 bits per heavy atom. The van der Waals surface area contributed by atoms with Crippen LogP contribution in [0.1, 0.15) is 43.0 Å². The number of amides is 1. The summed E-state index contributed by atoms with van der Waals surface area (Å²) in [6.45, 7) is 8.67. The largest absolute Gasteiger partial charge is 0.427 e. The van der Waals surface area contributed by atoms with Gasteiger partial charge in [-0.05, 0) is 66.9 Å². The van der Waals surface area contributed by atoms with Crippen molar-refractivity contribution in [3.05, 3.63) is 177 Å². The highest BCUT2D eigenvalue weighted by Crippen LogP contribution is 2.52. The third-order valence-corrected chi connectivity index (χ3v) is 12.0. The highest BCUT2D eigenvalue weighted by atomic mass is 32.2. The molecule has 3 aliphatic rings. The fourth-order valence-corrected chi connectivity index (χ4v) is 9.96. The van der Waals surface area contributed by atoms with Crippen molar-refractivity contribution in [1.29, 1.82) is 0 Å². The van der Waals surface area contributed by atoms with Gasteiger partial charge in [-0.15, -0.1) is 0 Å². The van der Waals surface area contributed by atoms with Crippen LogP contribution in [0.2, 0.25) is 0 Å². The molecule has 0 N–H and O–H groups in total. The lowest BCUT2D eigenvalue weighted by molar-refractivity contribution is -0.435. The molecule has 0 unspecified atom stereocenters. The number of hydrogen-bond donors (Lipinski definition) is 0. The van der Waals surface area contributed by atoms with Crippen LogP contribution in [0.25, 0.3) is 21.2 Å². The third-order valence-electron chi connectivity index (χ3n) is 8.59. The average Bonchev–Trinajstić information content (AvgIpc) is 3.82. The maximum atomic E-state index is 13.9. The number of likely N-dealkylation sites (N-methyl/N-ethyl adjacent to an activating group) is 1. The molecule has 0 radical (unpaired) electrons. The lowest BCUT2D eigenvalue weighted by Gasteiger charge is -2.21. The van der Waals surface area contributed by atoms with Gasteiger partial charge in [-0.25, -0.2) is 4.79 Å². The van der Waals surface area contributed by atoms with Crippen LogP contribution in [-0.2, 0) is 4.79 Å². The Morgan fingerprint density at radius 3 is 1.43 bits per heavy atom. The smallest absolute Gasteiger partial charge is 0.335 e. The van der Waals surface area contributed by atoms with Crippen molar-refractivity contribution in [3.8, 4) is 0 Å². The Hall–Kier alpha value is -4.43. The summed E-state index contributed by atoms with van der Waals surface area (Å²) in [6, 6.07) is 42.4. The van der Waals surface area contributed by atoms with Crippen LogP contribution in [0.5, 0.6) is 0 Å². The van der Waals surface area contributed by atoms with Crippen molar-refractivity contribution in [1.82, 2.24) is 9.80 Å². The molecule has 4 aromatic carbocycles. The van der Waals surface area contributed by atoms with Crippen LogP contribution in [0.4, 0.5) is 0 Å². The summed E-state index contributed by atoms with van der Waals surface area (Å²) in [4.78, 5) is 21.8. The Bertz CT molecular complexity index is 2050. The Morgan fingerprint density at radius 2 is 0.980 bits per heavy atom. The van der Waals surface area contributed by atoms with Gasteiger partial charge >= 0.3 is 5.91 Å². The van der Waals surface area contributed by atoms with Crippen LogP contribution in [0.15, 0.2) is 155 Å². The van der Waals surface area contributed by atoms with Gasteiger partial charge in [0.05, 0.1) is 21.5 Å². The van der Waals surface area contributed by atoms with Crippen LogP contribution >= 0.6 is 35.3 Å². The van der Waals surface area contributed by atoms with E-state index in [4.69, 9.17) is 0 Å². The molecular weight excluding hydrogens is 659 g/mol. The molecular formula is C42H38N3OS3+. The van der Waals surface area contributed by atoms with E-state index in [0.29, 0.717) is 6.54 Å². The second-order valence-electron chi connectivity index (χ2n) is 11.5. The van der Waals surface area contributed by atoms with Crippen molar-refractivity contribution in [2.45, 2.75) is 20.8 Å². The first kappa shape index (κ1) is 33.1. The summed E-state index contributed by atoms with van der Waals surface area (Å²) >= 11 is 5.12. The molecule has 1 amide bonds. The first-order valence-corrected chi connectivity index (χ1v) is 19.2. The lowest BCUT2D eigenvalue weighted by Crippen LogP contribution is -2.21. The minimum atomic E-state index is 0.0485. The number of rotatable bonds is 9. The predicted molar refractivity (Wildman–Crippen MR) is 212 cm³/mol. The molecule has 0 bridgehead atoms. The average molecular weight is 697 g/mol. The van der Waals surface area contributed by atoms with E-state index in [1.54, 1.807) is 35.3 Å². The van der Waals surface area contributed by atoms with E-state index in [-0.39, 0.29) is 5.91 Å². The van der Waals surface area contributed by atoms with E-state index in [2.05, 4.69) is 164 Å². The zero-order valence-corrected chi connectivity index (χ0v) is 30.3. The molecule has 0 spiro atoms. The summed E-state index contributed by atoms with van der Waals surface area (Å²) < 4.78 is 1.90. The molecule has 4 aromatic rings. The normalized spacial score (nSPS) is 19.2. The van der Waals surface area contributed by atoms with E-state index >= 15 is 0 Å². The number of carbonyl (C=O) groups is 1. The van der Waals surface area contributed by atoms with E-state index in [1.807, 2.05) is 10.7 Å². The molecule has 0 saturated carbocycles. The summed E-state index contributed by atoms with van der Waals surface area (Å²) in [6.07, 6.45) is 6.35. The highest BCUT2D eigenvalue weighted by Gasteiger charge is 2.38. The van der Waals surface area contributed by atoms with Gasteiger partial charge in [-0.2, -0.15) is 4.58 Å². The number of benzene rings is 4. The van der Waals surface area contributed by atoms with Crippen molar-refractivity contribution >= 4 is 67.4 Å². The van der Waals surface area contributed by atoms with Gasteiger partial charge in [-0.1, -0.05) is 145 Å². The second kappa shape index (κ2) is 15.0.